The van der Waals surface area contributed by atoms with Crippen LogP contribution < -0.4 is 10.6 Å². The minimum atomic E-state index is -3.68. The largest absolute Gasteiger partial charge is 0.453 e. The third-order valence-electron chi connectivity index (χ3n) is 4.16. The first-order valence-electron chi connectivity index (χ1n) is 8.84. The number of hydrogen-bond donors (Lipinski definition) is 2. The Morgan fingerprint density at radius 3 is 2.55 bits per heavy atom. The second kappa shape index (κ2) is 9.51. The summed E-state index contributed by atoms with van der Waals surface area (Å²) in [4.78, 5) is 23.6. The van der Waals surface area contributed by atoms with Gasteiger partial charge in [-0.15, -0.1) is 0 Å². The maximum absolute atomic E-state index is 13.4. The number of ether oxygens (including phenoxy) is 1. The van der Waals surface area contributed by atoms with Gasteiger partial charge in [-0.3, -0.25) is 4.79 Å². The van der Waals surface area contributed by atoms with Crippen molar-refractivity contribution in [3.8, 4) is 0 Å². The Labute approximate surface area is 169 Å². The molecule has 29 heavy (non-hydrogen) atoms. The second-order valence-corrected chi connectivity index (χ2v) is 8.74. The highest BCUT2D eigenvalue weighted by molar-refractivity contribution is 7.91. The Morgan fingerprint density at radius 1 is 1.17 bits per heavy atom. The molecule has 2 rings (SSSR count). The van der Waals surface area contributed by atoms with Gasteiger partial charge in [0.15, 0.2) is 9.84 Å². The molecule has 156 valence electrons. The summed E-state index contributed by atoms with van der Waals surface area (Å²) in [5, 5.41) is 5.08. The first kappa shape index (κ1) is 22.4. The molecular formula is C20H23FN2O5S. The number of alkyl carbamates (subject to hydrolysis) is 1. The molecule has 0 aliphatic carbocycles. The van der Waals surface area contributed by atoms with Gasteiger partial charge in [0, 0.05) is 17.8 Å². The maximum Gasteiger partial charge on any atom is 0.406 e. The van der Waals surface area contributed by atoms with Gasteiger partial charge in [-0.1, -0.05) is 13.0 Å². The number of anilines is 1. The van der Waals surface area contributed by atoms with Gasteiger partial charge < -0.3 is 15.4 Å². The number of carbonyl (C=O) groups excluding carboxylic acids is 2. The molecule has 9 heteroatoms. The molecule has 2 aromatic carbocycles. The SMILES string of the molecule is COC(=O)NCC(C)CS(=O)(=O)c1cccc(C(=O)Nc2ccc(F)c(C)c2)c1. The molecule has 7 nitrogen and oxygen atoms in total. The highest BCUT2D eigenvalue weighted by Gasteiger charge is 2.20. The van der Waals surface area contributed by atoms with Crippen LogP contribution in [-0.4, -0.2) is 39.8 Å². The highest BCUT2D eigenvalue weighted by Crippen LogP contribution is 2.18. The van der Waals surface area contributed by atoms with E-state index in [0.717, 1.165) is 0 Å². The predicted octanol–water partition coefficient (Wildman–Crippen LogP) is 3.15. The van der Waals surface area contributed by atoms with Crippen molar-refractivity contribution >= 4 is 27.5 Å². The van der Waals surface area contributed by atoms with E-state index in [4.69, 9.17) is 0 Å². The Balaban J connectivity index is 2.11. The molecule has 0 heterocycles. The fourth-order valence-corrected chi connectivity index (χ4v) is 4.27. The van der Waals surface area contributed by atoms with E-state index in [1.165, 1.54) is 49.6 Å². The van der Waals surface area contributed by atoms with Crippen LogP contribution in [0.25, 0.3) is 0 Å². The van der Waals surface area contributed by atoms with Gasteiger partial charge in [-0.05, 0) is 54.8 Å². The molecule has 0 saturated carbocycles. The van der Waals surface area contributed by atoms with Crippen LogP contribution in [-0.2, 0) is 14.6 Å². The number of halogens is 1. The van der Waals surface area contributed by atoms with Gasteiger partial charge in [0.25, 0.3) is 5.91 Å². The van der Waals surface area contributed by atoms with Crippen molar-refractivity contribution in [2.75, 3.05) is 24.7 Å². The lowest BCUT2D eigenvalue weighted by atomic mass is 10.2. The van der Waals surface area contributed by atoms with Crippen LogP contribution in [0.3, 0.4) is 0 Å². The zero-order chi connectivity index (χ0) is 21.6. The summed E-state index contributed by atoms with van der Waals surface area (Å²) in [6, 6.07) is 9.84. The van der Waals surface area contributed by atoms with Crippen molar-refractivity contribution in [2.45, 2.75) is 18.7 Å². The van der Waals surface area contributed by atoms with Crippen LogP contribution in [0.1, 0.15) is 22.8 Å². The van der Waals surface area contributed by atoms with E-state index in [2.05, 4.69) is 15.4 Å². The Kier molecular flexibility index (Phi) is 7.33. The lowest BCUT2D eigenvalue weighted by Crippen LogP contribution is -2.31. The number of carbonyl (C=O) groups is 2. The molecule has 0 aliphatic heterocycles. The molecule has 0 aliphatic rings. The Bertz CT molecular complexity index is 1010. The van der Waals surface area contributed by atoms with E-state index in [0.29, 0.717) is 11.3 Å². The van der Waals surface area contributed by atoms with Crippen molar-refractivity contribution < 1.29 is 27.1 Å². The van der Waals surface area contributed by atoms with Crippen molar-refractivity contribution in [3.63, 3.8) is 0 Å². The Morgan fingerprint density at radius 2 is 1.90 bits per heavy atom. The van der Waals surface area contributed by atoms with Gasteiger partial charge in [0.2, 0.25) is 0 Å². The van der Waals surface area contributed by atoms with E-state index in [1.54, 1.807) is 13.8 Å². The van der Waals surface area contributed by atoms with E-state index in [1.807, 2.05) is 0 Å². The smallest absolute Gasteiger partial charge is 0.406 e. The summed E-state index contributed by atoms with van der Waals surface area (Å²) in [5.74, 6) is -1.46. The Hall–Kier alpha value is -2.94. The van der Waals surface area contributed by atoms with Gasteiger partial charge in [-0.25, -0.2) is 17.6 Å². The first-order valence-corrected chi connectivity index (χ1v) is 10.5. The summed E-state index contributed by atoms with van der Waals surface area (Å²) in [6.07, 6.45) is -0.635. The molecule has 0 spiro atoms. The van der Waals surface area contributed by atoms with Crippen LogP contribution in [0.15, 0.2) is 47.4 Å². The normalized spacial score (nSPS) is 12.1. The van der Waals surface area contributed by atoms with Crippen LogP contribution >= 0.6 is 0 Å². The van der Waals surface area contributed by atoms with Crippen molar-refractivity contribution in [3.05, 3.63) is 59.4 Å². The fourth-order valence-electron chi connectivity index (χ4n) is 2.62. The third kappa shape index (κ3) is 6.28. The second-order valence-electron chi connectivity index (χ2n) is 6.70. The molecule has 1 unspecified atom stereocenters. The summed E-state index contributed by atoms with van der Waals surface area (Å²) >= 11 is 0. The highest BCUT2D eigenvalue weighted by atomic mass is 32.2. The predicted molar refractivity (Wildman–Crippen MR) is 107 cm³/mol. The van der Waals surface area contributed by atoms with Crippen molar-refractivity contribution in [1.29, 1.82) is 0 Å². The topological polar surface area (TPSA) is 102 Å². The molecule has 0 radical (unpaired) electrons. The number of sulfone groups is 1. The zero-order valence-electron chi connectivity index (χ0n) is 16.4. The first-order chi connectivity index (χ1) is 13.6. The van der Waals surface area contributed by atoms with E-state index < -0.39 is 21.8 Å². The number of hydrogen-bond acceptors (Lipinski definition) is 5. The van der Waals surface area contributed by atoms with Crippen molar-refractivity contribution in [1.82, 2.24) is 5.32 Å². The average molecular weight is 422 g/mol. The molecule has 1 atom stereocenters. The number of amides is 2. The summed E-state index contributed by atoms with van der Waals surface area (Å²) in [5.41, 5.74) is 0.951. The minimum absolute atomic E-state index is 0.00496. The van der Waals surface area contributed by atoms with Crippen LogP contribution in [0.2, 0.25) is 0 Å². The number of aryl methyl sites for hydroxylation is 1. The standard InChI is InChI=1S/C20H23FN2O5S/c1-13(11-22-20(25)28-3)12-29(26,27)17-6-4-5-15(10-17)19(24)23-16-7-8-18(21)14(2)9-16/h4-10,13H,11-12H2,1-3H3,(H,22,25)(H,23,24). The molecule has 2 amide bonds. The van der Waals surface area contributed by atoms with Gasteiger partial charge in [0.05, 0.1) is 17.8 Å². The van der Waals surface area contributed by atoms with Crippen LogP contribution in [0, 0.1) is 18.7 Å². The van der Waals surface area contributed by atoms with Gasteiger partial charge >= 0.3 is 6.09 Å². The molecule has 0 aromatic heterocycles. The molecule has 2 aromatic rings. The summed E-state index contributed by atoms with van der Waals surface area (Å²) < 4.78 is 43.1. The number of methoxy groups -OCH3 is 1. The fraction of sp³-hybridized carbons (Fsp3) is 0.300. The molecule has 0 fully saturated rings. The lowest BCUT2D eigenvalue weighted by molar-refractivity contribution is 0.102. The van der Waals surface area contributed by atoms with Crippen LogP contribution in [0.4, 0.5) is 14.9 Å². The van der Waals surface area contributed by atoms with Crippen LogP contribution in [0.5, 0.6) is 0 Å². The number of benzene rings is 2. The van der Waals surface area contributed by atoms with E-state index in [-0.39, 0.29) is 34.5 Å². The maximum atomic E-state index is 13.4. The quantitative estimate of drug-likeness (QED) is 0.714. The van der Waals surface area contributed by atoms with Gasteiger partial charge in [0.1, 0.15) is 5.82 Å². The zero-order valence-corrected chi connectivity index (χ0v) is 17.2. The molecule has 0 saturated heterocycles. The number of nitrogens with one attached hydrogen (secondary N) is 2. The van der Waals surface area contributed by atoms with E-state index >= 15 is 0 Å². The average Bonchev–Trinajstić information content (AvgIpc) is 2.68. The summed E-state index contributed by atoms with van der Waals surface area (Å²) in [7, 11) is -2.45. The third-order valence-corrected chi connectivity index (χ3v) is 6.14. The lowest BCUT2D eigenvalue weighted by Gasteiger charge is -2.13. The molecule has 2 N–H and O–H groups in total. The van der Waals surface area contributed by atoms with Gasteiger partial charge in [-0.2, -0.15) is 0 Å². The minimum Gasteiger partial charge on any atom is -0.453 e. The number of rotatable bonds is 7. The monoisotopic (exact) mass is 422 g/mol. The summed E-state index contributed by atoms with van der Waals surface area (Å²) in [6.45, 7) is 3.39. The van der Waals surface area contributed by atoms with E-state index in [9.17, 15) is 22.4 Å². The molecular weight excluding hydrogens is 399 g/mol. The van der Waals surface area contributed by atoms with Crippen molar-refractivity contribution in [2.24, 2.45) is 5.92 Å². The molecule has 0 bridgehead atoms.